The topological polar surface area (TPSA) is 58.6 Å². The van der Waals surface area contributed by atoms with Crippen molar-refractivity contribution in [3.63, 3.8) is 0 Å². The minimum Gasteiger partial charge on any atom is -0.455 e. The van der Waals surface area contributed by atoms with Gasteiger partial charge in [-0.15, -0.1) is 0 Å². The molecular weight excluding hydrogens is 254 g/mol. The van der Waals surface area contributed by atoms with Gasteiger partial charge in [0.2, 0.25) is 5.91 Å². The zero-order valence-electron chi connectivity index (χ0n) is 11.5. The third kappa shape index (κ3) is 3.36. The first-order valence-electron chi connectivity index (χ1n) is 6.35. The Morgan fingerprint density at radius 3 is 2.65 bits per heavy atom. The molecule has 0 radical (unpaired) electrons. The van der Waals surface area contributed by atoms with E-state index in [0.717, 1.165) is 11.1 Å². The van der Waals surface area contributed by atoms with Gasteiger partial charge in [0.1, 0.15) is 5.75 Å². The van der Waals surface area contributed by atoms with Crippen molar-refractivity contribution in [2.75, 3.05) is 5.32 Å². The highest BCUT2D eigenvalue weighted by Crippen LogP contribution is 2.30. The molecule has 2 aromatic carbocycles. The fourth-order valence-corrected chi connectivity index (χ4v) is 1.88. The van der Waals surface area contributed by atoms with E-state index in [1.165, 1.54) is 6.92 Å². The van der Waals surface area contributed by atoms with Gasteiger partial charge in [-0.2, -0.15) is 0 Å². The Kier molecular flexibility index (Phi) is 4.38. The maximum absolute atomic E-state index is 11.2. The Labute approximate surface area is 118 Å². The van der Waals surface area contributed by atoms with Crippen LogP contribution in [0.3, 0.4) is 0 Å². The number of amides is 1. The number of aliphatic hydroxyl groups excluding tert-OH is 1. The molecule has 0 aliphatic heterocycles. The molecule has 2 aromatic rings. The Morgan fingerprint density at radius 1 is 1.25 bits per heavy atom. The molecule has 2 rings (SSSR count). The van der Waals surface area contributed by atoms with E-state index in [1.54, 1.807) is 18.2 Å². The third-order valence-corrected chi connectivity index (χ3v) is 2.91. The van der Waals surface area contributed by atoms with Crippen molar-refractivity contribution < 1.29 is 14.6 Å². The number of nitrogens with one attached hydrogen (secondary N) is 1. The minimum absolute atomic E-state index is 0.00852. The molecule has 1 amide bonds. The van der Waals surface area contributed by atoms with E-state index in [0.29, 0.717) is 17.2 Å². The van der Waals surface area contributed by atoms with Crippen LogP contribution in [0.1, 0.15) is 18.1 Å². The number of carbonyl (C=O) groups excluding carboxylic acids is 1. The van der Waals surface area contributed by atoms with Crippen LogP contribution in [0.5, 0.6) is 11.5 Å². The summed E-state index contributed by atoms with van der Waals surface area (Å²) in [6.45, 7) is 3.38. The Hall–Kier alpha value is -2.33. The van der Waals surface area contributed by atoms with Gasteiger partial charge in [-0.25, -0.2) is 0 Å². The molecule has 0 aliphatic rings. The number of aryl methyl sites for hydroxylation is 1. The quantitative estimate of drug-likeness (QED) is 0.897. The van der Waals surface area contributed by atoms with Gasteiger partial charge in [0, 0.05) is 6.92 Å². The number of hydrogen-bond donors (Lipinski definition) is 2. The zero-order chi connectivity index (χ0) is 14.5. The number of anilines is 1. The average molecular weight is 271 g/mol. The summed E-state index contributed by atoms with van der Waals surface area (Å²) < 4.78 is 5.79. The summed E-state index contributed by atoms with van der Waals surface area (Å²) in [5.41, 5.74) is 2.46. The van der Waals surface area contributed by atoms with Gasteiger partial charge in [0.25, 0.3) is 0 Å². The largest absolute Gasteiger partial charge is 0.455 e. The van der Waals surface area contributed by atoms with E-state index in [2.05, 4.69) is 5.32 Å². The normalized spacial score (nSPS) is 10.2. The zero-order valence-corrected chi connectivity index (χ0v) is 11.5. The summed E-state index contributed by atoms with van der Waals surface area (Å²) >= 11 is 0. The van der Waals surface area contributed by atoms with Crippen LogP contribution >= 0.6 is 0 Å². The number of benzene rings is 2. The smallest absolute Gasteiger partial charge is 0.221 e. The van der Waals surface area contributed by atoms with Crippen molar-refractivity contribution >= 4 is 11.6 Å². The van der Waals surface area contributed by atoms with Crippen molar-refractivity contribution in [1.82, 2.24) is 0 Å². The van der Waals surface area contributed by atoms with Crippen molar-refractivity contribution in [3.8, 4) is 11.5 Å². The molecule has 0 aliphatic carbocycles. The molecule has 20 heavy (non-hydrogen) atoms. The summed E-state index contributed by atoms with van der Waals surface area (Å²) in [6.07, 6.45) is 0. The van der Waals surface area contributed by atoms with Crippen molar-refractivity contribution in [3.05, 3.63) is 53.6 Å². The second-order valence-corrected chi connectivity index (χ2v) is 4.53. The summed E-state index contributed by atoms with van der Waals surface area (Å²) in [4.78, 5) is 11.2. The number of aliphatic hydroxyl groups is 1. The van der Waals surface area contributed by atoms with Crippen LogP contribution in [0.25, 0.3) is 0 Å². The number of ether oxygens (including phenoxy) is 1. The standard InChI is InChI=1S/C16H17NO3/c1-11-9-14(8-7-13(11)10-18)20-16-6-4-3-5-15(16)17-12(2)19/h3-9,18H,10H2,1-2H3,(H,17,19). The fraction of sp³-hybridized carbons (Fsp3) is 0.188. The first-order valence-corrected chi connectivity index (χ1v) is 6.35. The van der Waals surface area contributed by atoms with E-state index < -0.39 is 0 Å². The highest BCUT2D eigenvalue weighted by molar-refractivity contribution is 5.90. The third-order valence-electron chi connectivity index (χ3n) is 2.91. The fourth-order valence-electron chi connectivity index (χ4n) is 1.88. The molecular formula is C16H17NO3. The monoisotopic (exact) mass is 271 g/mol. The van der Waals surface area contributed by atoms with Gasteiger partial charge >= 0.3 is 0 Å². The first-order chi connectivity index (χ1) is 9.60. The molecule has 0 bridgehead atoms. The van der Waals surface area contributed by atoms with Crippen LogP contribution in [0.2, 0.25) is 0 Å². The molecule has 0 spiro atoms. The molecule has 0 heterocycles. The Bertz CT molecular complexity index is 623. The highest BCUT2D eigenvalue weighted by atomic mass is 16.5. The molecule has 2 N–H and O–H groups in total. The number of carbonyl (C=O) groups is 1. The Balaban J connectivity index is 2.25. The first kappa shape index (κ1) is 14.1. The van der Waals surface area contributed by atoms with E-state index >= 15 is 0 Å². The summed E-state index contributed by atoms with van der Waals surface area (Å²) in [5, 5.41) is 11.9. The second kappa shape index (κ2) is 6.21. The van der Waals surface area contributed by atoms with Crippen LogP contribution in [0.4, 0.5) is 5.69 Å². The van der Waals surface area contributed by atoms with E-state index in [4.69, 9.17) is 9.84 Å². The van der Waals surface area contributed by atoms with Crippen LogP contribution < -0.4 is 10.1 Å². The van der Waals surface area contributed by atoms with Crippen LogP contribution in [0, 0.1) is 6.92 Å². The lowest BCUT2D eigenvalue weighted by Gasteiger charge is -2.12. The molecule has 0 atom stereocenters. The molecule has 4 heteroatoms. The highest BCUT2D eigenvalue weighted by Gasteiger charge is 2.06. The van der Waals surface area contributed by atoms with E-state index in [-0.39, 0.29) is 12.5 Å². The van der Waals surface area contributed by atoms with Crippen LogP contribution in [-0.4, -0.2) is 11.0 Å². The van der Waals surface area contributed by atoms with Crippen LogP contribution in [0.15, 0.2) is 42.5 Å². The molecule has 0 fully saturated rings. The van der Waals surface area contributed by atoms with Gasteiger partial charge in [-0.05, 0) is 42.3 Å². The van der Waals surface area contributed by atoms with Crippen molar-refractivity contribution in [2.24, 2.45) is 0 Å². The lowest BCUT2D eigenvalue weighted by atomic mass is 10.1. The van der Waals surface area contributed by atoms with Crippen molar-refractivity contribution in [1.29, 1.82) is 0 Å². The predicted molar refractivity (Wildman–Crippen MR) is 77.9 cm³/mol. The van der Waals surface area contributed by atoms with Gasteiger partial charge in [0.15, 0.2) is 5.75 Å². The summed E-state index contributed by atoms with van der Waals surface area (Å²) in [7, 11) is 0. The molecule has 0 saturated heterocycles. The molecule has 0 saturated carbocycles. The summed E-state index contributed by atoms with van der Waals surface area (Å²) in [6, 6.07) is 12.7. The maximum Gasteiger partial charge on any atom is 0.221 e. The number of rotatable bonds is 4. The lowest BCUT2D eigenvalue weighted by Crippen LogP contribution is -2.06. The number of para-hydroxylation sites is 2. The van der Waals surface area contributed by atoms with E-state index in [1.807, 2.05) is 31.2 Å². The van der Waals surface area contributed by atoms with Gasteiger partial charge < -0.3 is 15.2 Å². The van der Waals surface area contributed by atoms with Gasteiger partial charge in [0.05, 0.1) is 12.3 Å². The molecule has 104 valence electrons. The molecule has 0 aromatic heterocycles. The number of hydrogen-bond acceptors (Lipinski definition) is 3. The Morgan fingerprint density at radius 2 is 2.00 bits per heavy atom. The van der Waals surface area contributed by atoms with E-state index in [9.17, 15) is 4.79 Å². The maximum atomic E-state index is 11.2. The summed E-state index contributed by atoms with van der Waals surface area (Å²) in [5.74, 6) is 1.10. The van der Waals surface area contributed by atoms with Gasteiger partial charge in [-0.3, -0.25) is 4.79 Å². The lowest BCUT2D eigenvalue weighted by molar-refractivity contribution is -0.114. The average Bonchev–Trinajstić information content (AvgIpc) is 2.41. The predicted octanol–water partition coefficient (Wildman–Crippen LogP) is 3.24. The van der Waals surface area contributed by atoms with Gasteiger partial charge in [-0.1, -0.05) is 18.2 Å². The SMILES string of the molecule is CC(=O)Nc1ccccc1Oc1ccc(CO)c(C)c1. The second-order valence-electron chi connectivity index (χ2n) is 4.53. The molecule has 0 unspecified atom stereocenters. The minimum atomic E-state index is -0.146. The van der Waals surface area contributed by atoms with Crippen LogP contribution in [-0.2, 0) is 11.4 Å². The molecule has 4 nitrogen and oxygen atoms in total. The van der Waals surface area contributed by atoms with Crippen molar-refractivity contribution in [2.45, 2.75) is 20.5 Å².